The molecular weight excluding hydrogens is 363 g/mol. The van der Waals surface area contributed by atoms with Gasteiger partial charge in [-0.2, -0.15) is 0 Å². The van der Waals surface area contributed by atoms with Crippen molar-refractivity contribution in [3.63, 3.8) is 0 Å². The van der Waals surface area contributed by atoms with Gasteiger partial charge < -0.3 is 4.52 Å². The summed E-state index contributed by atoms with van der Waals surface area (Å²) in [6.45, 7) is 0.236. The first-order valence-corrected chi connectivity index (χ1v) is 9.63. The lowest BCUT2D eigenvalue weighted by Crippen LogP contribution is -2.24. The summed E-state index contributed by atoms with van der Waals surface area (Å²) < 4.78 is 27.5. The molecule has 0 spiro atoms. The zero-order valence-electron chi connectivity index (χ0n) is 11.8. The molecule has 122 valence electrons. The van der Waals surface area contributed by atoms with Crippen LogP contribution in [0.4, 0.5) is 5.88 Å². The first-order chi connectivity index (χ1) is 10.8. The van der Waals surface area contributed by atoms with E-state index in [1.807, 2.05) is 0 Å². The number of carbonyl (C=O) groups excluding carboxylic acids is 1. The predicted molar refractivity (Wildman–Crippen MR) is 87.0 cm³/mol. The average molecular weight is 375 g/mol. The van der Waals surface area contributed by atoms with Gasteiger partial charge >= 0.3 is 0 Å². The summed E-state index contributed by atoms with van der Waals surface area (Å²) in [4.78, 5) is 13.4. The van der Waals surface area contributed by atoms with E-state index >= 15 is 0 Å². The maximum Gasteiger partial charge on any atom is 0.234 e. The number of carbonyl (C=O) groups is 1. The van der Waals surface area contributed by atoms with Crippen LogP contribution < -0.4 is 4.90 Å². The molecule has 1 saturated heterocycles. The highest BCUT2D eigenvalue weighted by atomic mass is 35.7. The third kappa shape index (κ3) is 3.85. The fourth-order valence-electron chi connectivity index (χ4n) is 2.54. The number of benzene rings is 1. The summed E-state index contributed by atoms with van der Waals surface area (Å²) in [5.41, 5.74) is 1.37. The van der Waals surface area contributed by atoms with E-state index in [0.717, 1.165) is 5.56 Å². The normalized spacial score (nSPS) is 18.6. The predicted octanol–water partition coefficient (Wildman–Crippen LogP) is 2.92. The van der Waals surface area contributed by atoms with Crippen molar-refractivity contribution in [2.24, 2.45) is 5.92 Å². The van der Waals surface area contributed by atoms with Crippen molar-refractivity contribution in [2.75, 3.05) is 17.2 Å². The van der Waals surface area contributed by atoms with Crippen LogP contribution in [0.15, 0.2) is 34.9 Å². The van der Waals surface area contributed by atoms with E-state index in [1.165, 1.54) is 4.90 Å². The molecule has 1 aromatic heterocycles. The minimum Gasteiger partial charge on any atom is -0.338 e. The Morgan fingerprint density at radius 3 is 2.65 bits per heavy atom. The molecule has 0 bridgehead atoms. The molecule has 9 heteroatoms. The van der Waals surface area contributed by atoms with Gasteiger partial charge in [-0.3, -0.25) is 9.69 Å². The molecule has 2 aromatic rings. The maximum atomic E-state index is 12.0. The van der Waals surface area contributed by atoms with Crippen molar-refractivity contribution in [1.29, 1.82) is 0 Å². The highest BCUT2D eigenvalue weighted by molar-refractivity contribution is 8.13. The number of anilines is 1. The van der Waals surface area contributed by atoms with Crippen molar-refractivity contribution in [1.82, 2.24) is 5.16 Å². The zero-order chi connectivity index (χ0) is 16.6. The second-order valence-corrected chi connectivity index (χ2v) is 8.60. The number of hydrogen-bond acceptors (Lipinski definition) is 5. The Hall–Kier alpha value is -1.57. The van der Waals surface area contributed by atoms with Crippen LogP contribution in [0.25, 0.3) is 11.3 Å². The van der Waals surface area contributed by atoms with Gasteiger partial charge in [0.2, 0.25) is 20.8 Å². The molecule has 0 saturated carbocycles. The number of aromatic nitrogens is 1. The minimum absolute atomic E-state index is 0.114. The molecule has 1 unspecified atom stereocenters. The zero-order valence-corrected chi connectivity index (χ0v) is 14.1. The Bertz CT molecular complexity index is 833. The Morgan fingerprint density at radius 2 is 2.00 bits per heavy atom. The van der Waals surface area contributed by atoms with Crippen LogP contribution in [-0.2, 0) is 13.8 Å². The van der Waals surface area contributed by atoms with E-state index in [9.17, 15) is 13.2 Å². The van der Waals surface area contributed by atoms with Gasteiger partial charge in [-0.1, -0.05) is 28.9 Å². The standard InChI is InChI=1S/C14H12Cl2N2O4S/c15-11-3-1-10(2-4-11)12-6-14(22-17-12)18-7-9(5-13(18)19)8-23(16,20)21/h1-4,6,9H,5,7-8H2. The van der Waals surface area contributed by atoms with Crippen LogP contribution in [0.3, 0.4) is 0 Å². The fraction of sp³-hybridized carbons (Fsp3) is 0.286. The van der Waals surface area contributed by atoms with Crippen LogP contribution >= 0.6 is 22.3 Å². The van der Waals surface area contributed by atoms with Crippen LogP contribution in [0.2, 0.25) is 5.02 Å². The summed E-state index contributed by atoms with van der Waals surface area (Å²) in [6, 6.07) is 8.68. The van der Waals surface area contributed by atoms with Crippen molar-refractivity contribution in [2.45, 2.75) is 6.42 Å². The summed E-state index contributed by atoms with van der Waals surface area (Å²) >= 11 is 5.84. The average Bonchev–Trinajstić information content (AvgIpc) is 3.04. The molecule has 0 N–H and O–H groups in total. The van der Waals surface area contributed by atoms with Gasteiger partial charge in [-0.25, -0.2) is 8.42 Å². The van der Waals surface area contributed by atoms with E-state index < -0.39 is 9.05 Å². The van der Waals surface area contributed by atoms with E-state index in [1.54, 1.807) is 30.3 Å². The van der Waals surface area contributed by atoms with Gasteiger partial charge in [-0.05, 0) is 12.1 Å². The van der Waals surface area contributed by atoms with Crippen molar-refractivity contribution in [3.05, 3.63) is 35.4 Å². The summed E-state index contributed by atoms with van der Waals surface area (Å²) in [5, 5.41) is 4.55. The molecule has 0 aliphatic carbocycles. The molecule has 6 nitrogen and oxygen atoms in total. The number of hydrogen-bond donors (Lipinski definition) is 0. The third-order valence-electron chi connectivity index (χ3n) is 3.54. The van der Waals surface area contributed by atoms with Crippen LogP contribution in [0.5, 0.6) is 0 Å². The second kappa shape index (κ2) is 6.14. The van der Waals surface area contributed by atoms with Gasteiger partial charge in [0.05, 0.1) is 5.75 Å². The number of amides is 1. The molecule has 0 radical (unpaired) electrons. The van der Waals surface area contributed by atoms with Crippen molar-refractivity contribution >= 4 is 43.1 Å². The lowest BCUT2D eigenvalue weighted by Gasteiger charge is -2.11. The Kier molecular flexibility index (Phi) is 4.35. The van der Waals surface area contributed by atoms with Crippen LogP contribution in [-0.4, -0.2) is 31.8 Å². The summed E-state index contributed by atoms with van der Waals surface area (Å²) in [7, 11) is 1.60. The molecular formula is C14H12Cl2N2O4S. The van der Waals surface area contributed by atoms with E-state index in [-0.39, 0.29) is 36.4 Å². The van der Waals surface area contributed by atoms with E-state index in [4.69, 9.17) is 26.8 Å². The molecule has 1 aromatic carbocycles. The van der Waals surface area contributed by atoms with Crippen molar-refractivity contribution in [3.8, 4) is 11.3 Å². The third-order valence-corrected chi connectivity index (χ3v) is 5.04. The molecule has 1 atom stereocenters. The fourth-order valence-corrected chi connectivity index (χ4v) is 3.98. The smallest absolute Gasteiger partial charge is 0.234 e. The maximum absolute atomic E-state index is 12.0. The second-order valence-electron chi connectivity index (χ2n) is 5.34. The Labute approximate surface area is 142 Å². The Morgan fingerprint density at radius 1 is 1.30 bits per heavy atom. The lowest BCUT2D eigenvalue weighted by atomic mass is 10.1. The molecule has 1 fully saturated rings. The summed E-state index contributed by atoms with van der Waals surface area (Å²) in [5.74, 6) is -0.521. The quantitative estimate of drug-likeness (QED) is 0.768. The molecule has 1 amide bonds. The van der Waals surface area contributed by atoms with Gasteiger partial charge in [0.25, 0.3) is 0 Å². The Balaban J connectivity index is 1.78. The molecule has 1 aliphatic rings. The number of rotatable bonds is 4. The minimum atomic E-state index is -3.64. The molecule has 3 rings (SSSR count). The summed E-state index contributed by atoms with van der Waals surface area (Å²) in [6.07, 6.45) is 0.114. The van der Waals surface area contributed by atoms with Crippen LogP contribution in [0.1, 0.15) is 6.42 Å². The van der Waals surface area contributed by atoms with Gasteiger partial charge in [-0.15, -0.1) is 0 Å². The molecule has 23 heavy (non-hydrogen) atoms. The van der Waals surface area contributed by atoms with E-state index in [0.29, 0.717) is 10.7 Å². The number of nitrogens with zero attached hydrogens (tertiary/aromatic N) is 2. The molecule has 1 aliphatic heterocycles. The van der Waals surface area contributed by atoms with Gasteiger partial charge in [0.1, 0.15) is 5.69 Å². The van der Waals surface area contributed by atoms with Gasteiger partial charge in [0.15, 0.2) is 0 Å². The largest absolute Gasteiger partial charge is 0.338 e. The topological polar surface area (TPSA) is 80.5 Å². The highest BCUT2D eigenvalue weighted by Gasteiger charge is 2.35. The highest BCUT2D eigenvalue weighted by Crippen LogP contribution is 2.30. The monoisotopic (exact) mass is 374 g/mol. The first kappa shape index (κ1) is 16.3. The number of halogens is 2. The first-order valence-electron chi connectivity index (χ1n) is 6.77. The van der Waals surface area contributed by atoms with E-state index in [2.05, 4.69) is 5.16 Å². The lowest BCUT2D eigenvalue weighted by molar-refractivity contribution is -0.117. The van der Waals surface area contributed by atoms with Crippen LogP contribution in [0, 0.1) is 5.92 Å². The molecule has 2 heterocycles. The SMILES string of the molecule is O=C1CC(CS(=O)(=O)Cl)CN1c1cc(-c2ccc(Cl)cc2)no1. The van der Waals surface area contributed by atoms with Crippen molar-refractivity contribution < 1.29 is 17.7 Å². The van der Waals surface area contributed by atoms with Gasteiger partial charge in [0, 0.05) is 46.2 Å².